The summed E-state index contributed by atoms with van der Waals surface area (Å²) in [6.45, 7) is 0. The average Bonchev–Trinajstić information content (AvgIpc) is 3.43. The monoisotopic (exact) mass is 425 g/mol. The first-order chi connectivity index (χ1) is 15.1. The summed E-state index contributed by atoms with van der Waals surface area (Å²) in [4.78, 5) is 16.4. The molecule has 1 aromatic heterocycles. The lowest BCUT2D eigenvalue weighted by Gasteiger charge is -2.34. The number of carbonyl (C=O) groups is 1. The Kier molecular flexibility index (Phi) is 4.46. The first kappa shape index (κ1) is 19.2. The highest BCUT2D eigenvalue weighted by molar-refractivity contribution is 7.10. The molecule has 5 rings (SSSR count). The summed E-state index contributed by atoms with van der Waals surface area (Å²) in [6.07, 6.45) is 3.73. The molecule has 2 aliphatic rings. The molecule has 1 unspecified atom stereocenters. The molecule has 4 nitrogen and oxygen atoms in total. The van der Waals surface area contributed by atoms with Gasteiger partial charge in [-0.15, -0.1) is 11.3 Å². The van der Waals surface area contributed by atoms with Gasteiger partial charge in [0.05, 0.1) is 24.1 Å². The topological polar surface area (TPSA) is 67.9 Å². The fraction of sp³-hybridized carbons (Fsp3) is 0.160. The Morgan fingerprint density at radius 3 is 2.45 bits per heavy atom. The van der Waals surface area contributed by atoms with Crippen molar-refractivity contribution in [2.45, 2.75) is 18.0 Å². The van der Waals surface area contributed by atoms with Gasteiger partial charge in [0.25, 0.3) is 0 Å². The molecule has 0 aliphatic carbocycles. The number of ketones is 1. The van der Waals surface area contributed by atoms with E-state index in [-0.39, 0.29) is 5.78 Å². The molecule has 3 atom stereocenters. The fourth-order valence-corrected chi connectivity index (χ4v) is 5.79. The molecule has 31 heavy (non-hydrogen) atoms. The van der Waals surface area contributed by atoms with Crippen molar-refractivity contribution in [3.8, 4) is 12.1 Å². The molecule has 3 aromatic rings. The van der Waals surface area contributed by atoms with Crippen LogP contribution >= 0.6 is 11.3 Å². The Morgan fingerprint density at radius 1 is 1.03 bits per heavy atom. The Hall–Kier alpha value is -3.74. The third-order valence-electron chi connectivity index (χ3n) is 6.19. The molecule has 0 N–H and O–H groups in total. The van der Waals surface area contributed by atoms with Gasteiger partial charge in [0.15, 0.2) is 11.2 Å². The fourth-order valence-electron chi connectivity index (χ4n) is 4.86. The molecule has 1 saturated heterocycles. The minimum Gasteiger partial charge on any atom is -0.357 e. The van der Waals surface area contributed by atoms with E-state index < -0.39 is 29.2 Å². The third-order valence-corrected chi connectivity index (χ3v) is 7.15. The van der Waals surface area contributed by atoms with Gasteiger partial charge in [0.2, 0.25) is 0 Å². The van der Waals surface area contributed by atoms with Crippen molar-refractivity contribution in [2.24, 2.45) is 5.41 Å². The van der Waals surface area contributed by atoms with Crippen molar-refractivity contribution in [1.29, 1.82) is 10.5 Å². The normalized spacial score (nSPS) is 22.8. The Balaban J connectivity index is 1.75. The number of nitrogens with zero attached hydrogens (tertiary/aromatic N) is 3. The summed E-state index contributed by atoms with van der Waals surface area (Å²) in [6, 6.07) is 20.1. The first-order valence-corrected chi connectivity index (χ1v) is 10.7. The van der Waals surface area contributed by atoms with Crippen molar-refractivity contribution in [3.05, 3.63) is 99.6 Å². The van der Waals surface area contributed by atoms with Gasteiger partial charge in [-0.1, -0.05) is 30.3 Å². The van der Waals surface area contributed by atoms with Crippen LogP contribution < -0.4 is 0 Å². The maximum Gasteiger partial charge on any atom is 0.185 e. The van der Waals surface area contributed by atoms with Crippen LogP contribution in [-0.2, 0) is 0 Å². The van der Waals surface area contributed by atoms with Crippen LogP contribution in [0.2, 0.25) is 0 Å². The largest absolute Gasteiger partial charge is 0.357 e. The smallest absolute Gasteiger partial charge is 0.185 e. The number of fused-ring (bicyclic) bond motifs is 3. The Morgan fingerprint density at radius 2 is 1.77 bits per heavy atom. The number of nitriles is 2. The van der Waals surface area contributed by atoms with Crippen LogP contribution in [0.1, 0.15) is 38.3 Å². The summed E-state index contributed by atoms with van der Waals surface area (Å²) < 4.78 is 13.5. The maximum atomic E-state index is 13.7. The predicted molar refractivity (Wildman–Crippen MR) is 115 cm³/mol. The van der Waals surface area contributed by atoms with Gasteiger partial charge in [-0.05, 0) is 52.9 Å². The number of benzene rings is 2. The number of rotatable bonds is 3. The van der Waals surface area contributed by atoms with E-state index in [1.807, 2.05) is 59.0 Å². The summed E-state index contributed by atoms with van der Waals surface area (Å²) in [5.74, 6) is -1.31. The van der Waals surface area contributed by atoms with Gasteiger partial charge in [-0.25, -0.2) is 4.39 Å². The highest BCUT2D eigenvalue weighted by Crippen LogP contribution is 2.60. The molecule has 0 bridgehead atoms. The SMILES string of the molecule is N#CC1(C#N)C(c2cccs2)[C@@H](C(=O)c2ccc(F)cc2)N2C=Cc3ccccc3[C@@H]21. The van der Waals surface area contributed by atoms with Crippen molar-refractivity contribution < 1.29 is 9.18 Å². The molecule has 0 spiro atoms. The predicted octanol–water partition coefficient (Wildman–Crippen LogP) is 5.30. The maximum absolute atomic E-state index is 13.7. The van der Waals surface area contributed by atoms with Crippen molar-refractivity contribution >= 4 is 23.2 Å². The highest BCUT2D eigenvalue weighted by atomic mass is 32.1. The van der Waals surface area contributed by atoms with Crippen molar-refractivity contribution in [2.75, 3.05) is 0 Å². The van der Waals surface area contributed by atoms with Crippen LogP contribution in [0.5, 0.6) is 0 Å². The van der Waals surface area contributed by atoms with Crippen LogP contribution in [0.15, 0.2) is 72.2 Å². The summed E-state index contributed by atoms with van der Waals surface area (Å²) in [5, 5.41) is 22.6. The second kappa shape index (κ2) is 7.19. The molecule has 0 radical (unpaired) electrons. The number of hydrogen-bond donors (Lipinski definition) is 0. The van der Waals surface area contributed by atoms with Crippen molar-refractivity contribution in [3.63, 3.8) is 0 Å². The summed E-state index contributed by atoms with van der Waals surface area (Å²) >= 11 is 1.43. The zero-order chi connectivity index (χ0) is 21.6. The van der Waals surface area contributed by atoms with E-state index in [9.17, 15) is 19.7 Å². The van der Waals surface area contributed by atoms with Crippen LogP contribution in [-0.4, -0.2) is 16.7 Å². The minimum absolute atomic E-state index is 0.236. The number of carbonyl (C=O) groups excluding carboxylic acids is 1. The molecule has 1 fully saturated rings. The van der Waals surface area contributed by atoms with Gasteiger partial charge < -0.3 is 4.90 Å². The lowest BCUT2D eigenvalue weighted by Crippen LogP contribution is -2.37. The molecule has 2 aromatic carbocycles. The van der Waals surface area contributed by atoms with Gasteiger partial charge in [0.1, 0.15) is 11.9 Å². The van der Waals surface area contributed by atoms with Gasteiger partial charge in [0, 0.05) is 16.6 Å². The lowest BCUT2D eigenvalue weighted by molar-refractivity contribution is 0.0875. The van der Waals surface area contributed by atoms with E-state index >= 15 is 0 Å². The molecule has 0 amide bonds. The Bertz CT molecular complexity index is 1250. The average molecular weight is 425 g/mol. The lowest BCUT2D eigenvalue weighted by atomic mass is 9.69. The van der Waals surface area contributed by atoms with Crippen molar-refractivity contribution in [1.82, 2.24) is 4.90 Å². The standard InChI is InChI=1S/C25H16FN3OS/c26-18-9-7-17(8-10-18)23(30)22-21(20-6-3-13-31-20)25(14-27,15-28)24-19-5-2-1-4-16(19)11-12-29(22)24/h1-13,21-22,24H/t21?,22-,24+/m0/s1. The van der Waals surface area contributed by atoms with E-state index in [1.165, 1.54) is 35.6 Å². The number of hydrogen-bond acceptors (Lipinski definition) is 5. The zero-order valence-electron chi connectivity index (χ0n) is 16.3. The van der Waals surface area contributed by atoms with E-state index in [0.29, 0.717) is 5.56 Å². The van der Waals surface area contributed by atoms with Crippen LogP contribution in [0.4, 0.5) is 4.39 Å². The summed E-state index contributed by atoms with van der Waals surface area (Å²) in [7, 11) is 0. The minimum atomic E-state index is -1.47. The zero-order valence-corrected chi connectivity index (χ0v) is 17.1. The van der Waals surface area contributed by atoms with Crippen LogP contribution in [0.25, 0.3) is 6.08 Å². The molecule has 3 heterocycles. The van der Waals surface area contributed by atoms with Crippen LogP contribution in [0, 0.1) is 33.9 Å². The molecule has 6 heteroatoms. The molecule has 2 aliphatic heterocycles. The molecule has 0 saturated carbocycles. The summed E-state index contributed by atoms with van der Waals surface area (Å²) in [5.41, 5.74) is 0.666. The Labute approximate surface area is 183 Å². The van der Waals surface area contributed by atoms with E-state index in [1.54, 1.807) is 0 Å². The highest BCUT2D eigenvalue weighted by Gasteiger charge is 2.64. The number of Topliss-reactive ketones (excluding diaryl/α,β-unsaturated/α-hetero) is 1. The quantitative estimate of drug-likeness (QED) is 0.534. The van der Waals surface area contributed by atoms with Gasteiger partial charge in [-0.3, -0.25) is 4.79 Å². The van der Waals surface area contributed by atoms with Crippen LogP contribution in [0.3, 0.4) is 0 Å². The number of thiophene rings is 1. The van der Waals surface area contributed by atoms with Gasteiger partial charge >= 0.3 is 0 Å². The van der Waals surface area contributed by atoms with E-state index in [2.05, 4.69) is 12.1 Å². The molecular weight excluding hydrogens is 409 g/mol. The van der Waals surface area contributed by atoms with Gasteiger partial charge in [-0.2, -0.15) is 10.5 Å². The molecular formula is C25H16FN3OS. The molecule has 150 valence electrons. The third kappa shape index (κ3) is 2.73. The van der Waals surface area contributed by atoms with E-state index in [4.69, 9.17) is 0 Å². The first-order valence-electron chi connectivity index (χ1n) is 9.81. The second-order valence-corrected chi connectivity index (χ2v) is 8.68. The second-order valence-electron chi connectivity index (χ2n) is 7.70. The van der Waals surface area contributed by atoms with E-state index in [0.717, 1.165) is 16.0 Å². The number of halogens is 1.